The van der Waals surface area contributed by atoms with Crippen LogP contribution in [0.2, 0.25) is 5.02 Å². The van der Waals surface area contributed by atoms with Gasteiger partial charge in [0.05, 0.1) is 16.9 Å². The van der Waals surface area contributed by atoms with Crippen molar-refractivity contribution in [2.24, 2.45) is 0 Å². The maximum absolute atomic E-state index is 14.9. The number of anilines is 2. The Morgan fingerprint density at radius 3 is 2.73 bits per heavy atom. The van der Waals surface area contributed by atoms with Crippen molar-refractivity contribution in [3.05, 3.63) is 59.0 Å². The first-order valence-corrected chi connectivity index (χ1v) is 8.50. The molecule has 0 radical (unpaired) electrons. The van der Waals surface area contributed by atoms with E-state index in [1.54, 1.807) is 5.48 Å². The van der Waals surface area contributed by atoms with Crippen LogP contribution < -0.4 is 10.8 Å². The number of aliphatic hydroxyl groups excluding tert-OH is 1. The lowest BCUT2D eigenvalue weighted by atomic mass is 10.2. The van der Waals surface area contributed by atoms with Crippen LogP contribution in [-0.2, 0) is 4.84 Å². The molecule has 7 nitrogen and oxygen atoms in total. The third-order valence-corrected chi connectivity index (χ3v) is 4.08. The smallest absolute Gasteiger partial charge is 0.381 e. The Morgan fingerprint density at radius 1 is 1.33 bits per heavy atom. The van der Waals surface area contributed by atoms with E-state index in [9.17, 15) is 26.7 Å². The molecule has 3 N–H and O–H groups in total. The van der Waals surface area contributed by atoms with Crippen LogP contribution >= 0.6 is 11.6 Å². The van der Waals surface area contributed by atoms with Gasteiger partial charge in [-0.3, -0.25) is 9.63 Å². The summed E-state index contributed by atoms with van der Waals surface area (Å²) < 4.78 is 67.1. The lowest BCUT2D eigenvalue weighted by Gasteiger charge is -2.16. The molecule has 160 valence electrons. The van der Waals surface area contributed by atoms with Crippen molar-refractivity contribution in [1.82, 2.24) is 14.9 Å². The molecule has 0 fully saturated rings. The third-order valence-electron chi connectivity index (χ3n) is 3.84. The molecule has 1 atom stereocenters. The van der Waals surface area contributed by atoms with Crippen LogP contribution in [0.3, 0.4) is 0 Å². The number of imidazole rings is 1. The number of alkyl halides is 3. The minimum absolute atomic E-state index is 0.0804. The van der Waals surface area contributed by atoms with Gasteiger partial charge in [-0.15, -0.1) is 0 Å². The van der Waals surface area contributed by atoms with E-state index in [1.807, 2.05) is 0 Å². The normalized spacial score (nSPS) is 12.8. The Kier molecular flexibility index (Phi) is 6.10. The molecule has 3 rings (SSSR count). The van der Waals surface area contributed by atoms with Crippen molar-refractivity contribution in [1.29, 1.82) is 0 Å². The highest BCUT2D eigenvalue weighted by Gasteiger charge is 2.38. The quantitative estimate of drug-likeness (QED) is 0.394. The van der Waals surface area contributed by atoms with Crippen molar-refractivity contribution in [3.63, 3.8) is 0 Å². The fourth-order valence-corrected chi connectivity index (χ4v) is 2.54. The Balaban J connectivity index is 1.91. The second-order valence-electron chi connectivity index (χ2n) is 5.94. The number of nitrogens with zero attached hydrogens (tertiary/aromatic N) is 2. The van der Waals surface area contributed by atoms with Crippen LogP contribution in [0.5, 0.6) is 0 Å². The number of carbonyl (C=O) groups is 1. The van der Waals surface area contributed by atoms with Gasteiger partial charge < -0.3 is 14.8 Å². The van der Waals surface area contributed by atoms with Crippen LogP contribution in [0.15, 0.2) is 36.8 Å². The highest BCUT2D eigenvalue weighted by molar-refractivity contribution is 6.30. The van der Waals surface area contributed by atoms with Gasteiger partial charge in [0.2, 0.25) is 0 Å². The molecule has 13 heteroatoms. The summed E-state index contributed by atoms with van der Waals surface area (Å²) in [6.07, 6.45) is -4.13. The largest absolute Gasteiger partial charge is 0.416 e. The van der Waals surface area contributed by atoms with Gasteiger partial charge in [0.25, 0.3) is 5.91 Å². The predicted octanol–water partition coefficient (Wildman–Crippen LogP) is 3.59. The maximum Gasteiger partial charge on any atom is 0.416 e. The van der Waals surface area contributed by atoms with Gasteiger partial charge in [-0.25, -0.2) is 19.2 Å². The number of hydroxylamine groups is 1. The zero-order chi connectivity index (χ0) is 22.1. The monoisotopic (exact) mass is 450 g/mol. The molecule has 3 aromatic rings. The average molecular weight is 451 g/mol. The summed E-state index contributed by atoms with van der Waals surface area (Å²) in [5.74, 6) is -3.03. The number of halogens is 6. The highest BCUT2D eigenvalue weighted by atomic mass is 35.5. The number of nitrogens with one attached hydrogen (secondary N) is 2. The number of hydrogen-bond donors (Lipinski definition) is 3. The second kappa shape index (κ2) is 8.42. The van der Waals surface area contributed by atoms with Gasteiger partial charge in [0.15, 0.2) is 17.6 Å². The second-order valence-corrected chi connectivity index (χ2v) is 6.38. The van der Waals surface area contributed by atoms with Crippen LogP contribution in [0.25, 0.3) is 5.65 Å². The van der Waals surface area contributed by atoms with E-state index >= 15 is 0 Å². The third kappa shape index (κ3) is 4.61. The van der Waals surface area contributed by atoms with Gasteiger partial charge in [-0.2, -0.15) is 13.2 Å². The molecule has 0 bridgehead atoms. The van der Waals surface area contributed by atoms with Crippen molar-refractivity contribution < 1.29 is 36.7 Å². The number of aromatic nitrogens is 2. The summed E-state index contributed by atoms with van der Waals surface area (Å²) in [7, 11) is 0. The first-order valence-electron chi connectivity index (χ1n) is 8.12. The fraction of sp³-hybridized carbons (Fsp3) is 0.176. The van der Waals surface area contributed by atoms with Crippen LogP contribution in [-0.4, -0.2) is 39.3 Å². The van der Waals surface area contributed by atoms with Crippen molar-refractivity contribution >= 4 is 34.5 Å². The predicted molar refractivity (Wildman–Crippen MR) is 95.3 cm³/mol. The summed E-state index contributed by atoms with van der Waals surface area (Å²) in [5, 5.41) is 11.4. The molecule has 1 unspecified atom stereocenters. The van der Waals surface area contributed by atoms with Crippen LogP contribution in [0, 0.1) is 11.6 Å². The molecule has 2 heterocycles. The molecule has 2 aromatic heterocycles. The molecule has 30 heavy (non-hydrogen) atoms. The number of carbonyl (C=O) groups excluding carboxylic acids is 1. The highest BCUT2D eigenvalue weighted by Crippen LogP contribution is 2.29. The number of benzene rings is 1. The zero-order valence-electron chi connectivity index (χ0n) is 14.7. The SMILES string of the molecule is O=C(NOCC(O)C(F)(F)F)c1cn2ccnc2c(F)c1Nc1ccc(Cl)cc1F. The van der Waals surface area contributed by atoms with Gasteiger partial charge in [0, 0.05) is 23.6 Å². The van der Waals surface area contributed by atoms with E-state index in [1.165, 1.54) is 24.5 Å². The van der Waals surface area contributed by atoms with Gasteiger partial charge >= 0.3 is 6.18 Å². The molecule has 0 saturated carbocycles. The topological polar surface area (TPSA) is 87.9 Å². The van der Waals surface area contributed by atoms with E-state index in [0.717, 1.165) is 16.7 Å². The van der Waals surface area contributed by atoms with E-state index in [2.05, 4.69) is 15.1 Å². The molecule has 1 amide bonds. The Labute approximate surface area is 170 Å². The Bertz CT molecular complexity index is 1090. The van der Waals surface area contributed by atoms with Crippen molar-refractivity contribution in [2.45, 2.75) is 12.3 Å². The van der Waals surface area contributed by atoms with Crippen LogP contribution in [0.4, 0.5) is 33.3 Å². The van der Waals surface area contributed by atoms with Gasteiger partial charge in [-0.05, 0) is 18.2 Å². The minimum Gasteiger partial charge on any atom is -0.381 e. The number of fused-ring (bicyclic) bond motifs is 1. The number of amides is 1. The van der Waals surface area contributed by atoms with E-state index in [0.29, 0.717) is 0 Å². The van der Waals surface area contributed by atoms with Crippen LogP contribution in [0.1, 0.15) is 10.4 Å². The molecule has 1 aromatic carbocycles. The molecule has 0 aliphatic rings. The maximum atomic E-state index is 14.9. The summed E-state index contributed by atoms with van der Waals surface area (Å²) in [4.78, 5) is 20.6. The number of pyridine rings is 1. The Morgan fingerprint density at radius 2 is 2.07 bits per heavy atom. The standard InChI is InChI=1S/C17H12ClF5N4O3/c18-8-1-2-11(10(19)5-8)25-14-9(6-27-4-3-24-15(27)13(14)20)16(29)26-30-7-12(28)17(21,22)23/h1-6,12,25,28H,7H2,(H,26,29). The molecular weight excluding hydrogens is 439 g/mol. The zero-order valence-corrected chi connectivity index (χ0v) is 15.4. The number of aliphatic hydroxyl groups is 1. The lowest BCUT2D eigenvalue weighted by molar-refractivity contribution is -0.221. The number of hydrogen-bond acceptors (Lipinski definition) is 5. The van der Waals surface area contributed by atoms with E-state index in [4.69, 9.17) is 16.7 Å². The van der Waals surface area contributed by atoms with Crippen molar-refractivity contribution in [3.8, 4) is 0 Å². The Hall–Kier alpha value is -2.96. The fourth-order valence-electron chi connectivity index (χ4n) is 2.38. The lowest BCUT2D eigenvalue weighted by Crippen LogP contribution is -2.37. The van der Waals surface area contributed by atoms with E-state index in [-0.39, 0.29) is 16.4 Å². The summed E-state index contributed by atoms with van der Waals surface area (Å²) in [5.41, 5.74) is 0.316. The minimum atomic E-state index is -4.95. The summed E-state index contributed by atoms with van der Waals surface area (Å²) in [6, 6.07) is 3.47. The number of rotatable bonds is 6. The van der Waals surface area contributed by atoms with Gasteiger partial charge in [0.1, 0.15) is 12.4 Å². The molecule has 0 aliphatic carbocycles. The van der Waals surface area contributed by atoms with Gasteiger partial charge in [-0.1, -0.05) is 11.6 Å². The molecule has 0 spiro atoms. The molecule has 0 aliphatic heterocycles. The summed E-state index contributed by atoms with van der Waals surface area (Å²) in [6.45, 7) is -1.29. The van der Waals surface area contributed by atoms with E-state index < -0.39 is 47.7 Å². The van der Waals surface area contributed by atoms with Crippen molar-refractivity contribution in [2.75, 3.05) is 11.9 Å². The average Bonchev–Trinajstić information content (AvgIpc) is 3.13. The first-order chi connectivity index (χ1) is 14.1. The summed E-state index contributed by atoms with van der Waals surface area (Å²) >= 11 is 5.67. The first kappa shape index (κ1) is 21.7. The molecular formula is C17H12ClF5N4O3. The molecule has 0 saturated heterocycles.